The second-order valence-electron chi connectivity index (χ2n) is 8.02. The summed E-state index contributed by atoms with van der Waals surface area (Å²) in [5, 5.41) is 9.85. The van der Waals surface area contributed by atoms with Crippen LogP contribution < -0.4 is 0 Å². The number of rotatable bonds is 0. The van der Waals surface area contributed by atoms with E-state index in [1.165, 1.54) is 43.1 Å². The van der Waals surface area contributed by atoms with E-state index in [9.17, 15) is 0 Å². The standard InChI is InChI=1S/C32H18/c1(7-23-13-15-29-19-25-9-3-5-11-27(25)21-31(29)17-23)2-8-24-14-16-30-20-26-10-4-6-12-28(26)22-32(30)18-24/h3-6,9-22H. The van der Waals surface area contributed by atoms with Gasteiger partial charge in [-0.3, -0.25) is 0 Å². The summed E-state index contributed by atoms with van der Waals surface area (Å²) in [6.07, 6.45) is 0. The molecule has 0 nitrogen and oxygen atoms in total. The van der Waals surface area contributed by atoms with Gasteiger partial charge in [0.15, 0.2) is 0 Å². The van der Waals surface area contributed by atoms with Crippen LogP contribution in [0.2, 0.25) is 0 Å². The van der Waals surface area contributed by atoms with Crippen LogP contribution in [-0.2, 0) is 0 Å². The summed E-state index contributed by atoms with van der Waals surface area (Å²) < 4.78 is 0. The predicted molar refractivity (Wildman–Crippen MR) is 137 cm³/mol. The quantitative estimate of drug-likeness (QED) is 0.180. The highest BCUT2D eigenvalue weighted by Crippen LogP contribution is 2.24. The highest BCUT2D eigenvalue weighted by atomic mass is 14.0. The first kappa shape index (κ1) is 18.3. The number of hydrogen-bond donors (Lipinski definition) is 0. The minimum atomic E-state index is 0.979. The van der Waals surface area contributed by atoms with Crippen molar-refractivity contribution in [1.29, 1.82) is 0 Å². The molecule has 146 valence electrons. The Morgan fingerprint density at radius 2 is 0.656 bits per heavy atom. The maximum atomic E-state index is 3.19. The van der Waals surface area contributed by atoms with Crippen LogP contribution in [0.3, 0.4) is 0 Å². The molecule has 0 aromatic heterocycles. The van der Waals surface area contributed by atoms with Crippen LogP contribution in [0.25, 0.3) is 43.1 Å². The number of benzene rings is 6. The van der Waals surface area contributed by atoms with Crippen LogP contribution in [0, 0.1) is 23.7 Å². The number of hydrogen-bond acceptors (Lipinski definition) is 0. The minimum Gasteiger partial charge on any atom is -0.0616 e. The molecule has 0 aliphatic rings. The van der Waals surface area contributed by atoms with E-state index in [0.29, 0.717) is 0 Å². The van der Waals surface area contributed by atoms with Gasteiger partial charge in [-0.2, -0.15) is 0 Å². The Labute approximate surface area is 187 Å². The minimum absolute atomic E-state index is 0.979. The summed E-state index contributed by atoms with van der Waals surface area (Å²) >= 11 is 0. The lowest BCUT2D eigenvalue weighted by atomic mass is 10.0. The molecule has 0 amide bonds. The molecule has 6 aromatic carbocycles. The van der Waals surface area contributed by atoms with Crippen LogP contribution in [0.5, 0.6) is 0 Å². The first-order valence-electron chi connectivity index (χ1n) is 10.7. The average molecular weight is 402 g/mol. The fraction of sp³-hybridized carbons (Fsp3) is 0. The van der Waals surface area contributed by atoms with Crippen molar-refractivity contribution < 1.29 is 0 Å². The normalized spacial score (nSPS) is 10.6. The van der Waals surface area contributed by atoms with Crippen molar-refractivity contribution in [3.63, 3.8) is 0 Å². The summed E-state index contributed by atoms with van der Waals surface area (Å²) in [6, 6.07) is 38.4. The summed E-state index contributed by atoms with van der Waals surface area (Å²) in [6.45, 7) is 0. The topological polar surface area (TPSA) is 0 Å². The zero-order valence-electron chi connectivity index (χ0n) is 17.4. The monoisotopic (exact) mass is 402 g/mol. The molecule has 0 bridgehead atoms. The van der Waals surface area contributed by atoms with Gasteiger partial charge in [0.1, 0.15) is 0 Å². The molecule has 6 aromatic rings. The van der Waals surface area contributed by atoms with E-state index in [4.69, 9.17) is 0 Å². The van der Waals surface area contributed by atoms with E-state index in [1.807, 2.05) is 0 Å². The van der Waals surface area contributed by atoms with Gasteiger partial charge < -0.3 is 0 Å². The predicted octanol–water partition coefficient (Wildman–Crippen LogP) is 7.70. The Bertz CT molecular complexity index is 1640. The van der Waals surface area contributed by atoms with Crippen molar-refractivity contribution in [3.05, 3.63) is 120 Å². The van der Waals surface area contributed by atoms with E-state index < -0.39 is 0 Å². The smallest absolute Gasteiger partial charge is 0.0261 e. The molecular weight excluding hydrogens is 384 g/mol. The van der Waals surface area contributed by atoms with E-state index in [-0.39, 0.29) is 0 Å². The molecule has 32 heavy (non-hydrogen) atoms. The van der Waals surface area contributed by atoms with Crippen molar-refractivity contribution in [3.8, 4) is 23.7 Å². The fourth-order valence-electron chi connectivity index (χ4n) is 4.24. The summed E-state index contributed by atoms with van der Waals surface area (Å²) in [5.41, 5.74) is 1.96. The van der Waals surface area contributed by atoms with Crippen molar-refractivity contribution in [2.75, 3.05) is 0 Å². The van der Waals surface area contributed by atoms with E-state index in [0.717, 1.165) is 11.1 Å². The van der Waals surface area contributed by atoms with Gasteiger partial charge in [-0.05, 0) is 103 Å². The van der Waals surface area contributed by atoms with Crippen LogP contribution in [-0.4, -0.2) is 0 Å². The molecule has 0 saturated heterocycles. The second-order valence-corrected chi connectivity index (χ2v) is 8.02. The van der Waals surface area contributed by atoms with Crippen LogP contribution in [0.4, 0.5) is 0 Å². The highest BCUT2D eigenvalue weighted by molar-refractivity contribution is 5.99. The van der Waals surface area contributed by atoms with Gasteiger partial charge in [0.05, 0.1) is 0 Å². The molecule has 0 fully saturated rings. The van der Waals surface area contributed by atoms with E-state index in [2.05, 4.69) is 133 Å². The van der Waals surface area contributed by atoms with Crippen molar-refractivity contribution in [2.24, 2.45) is 0 Å². The first-order valence-corrected chi connectivity index (χ1v) is 10.7. The molecule has 0 unspecified atom stereocenters. The molecule has 0 saturated carbocycles. The lowest BCUT2D eigenvalue weighted by Gasteiger charge is -2.02. The van der Waals surface area contributed by atoms with Gasteiger partial charge in [0.25, 0.3) is 0 Å². The van der Waals surface area contributed by atoms with Crippen LogP contribution in [0.15, 0.2) is 109 Å². The summed E-state index contributed by atoms with van der Waals surface area (Å²) in [7, 11) is 0. The Hall–Kier alpha value is -4.52. The Kier molecular flexibility index (Phi) is 4.35. The lowest BCUT2D eigenvalue weighted by Crippen LogP contribution is -1.79. The highest BCUT2D eigenvalue weighted by Gasteiger charge is 1.99. The summed E-state index contributed by atoms with van der Waals surface area (Å²) in [4.78, 5) is 0. The maximum absolute atomic E-state index is 3.19. The third-order valence-corrected chi connectivity index (χ3v) is 5.89. The van der Waals surface area contributed by atoms with Crippen molar-refractivity contribution >= 4 is 43.1 Å². The Balaban J connectivity index is 1.30. The van der Waals surface area contributed by atoms with Crippen molar-refractivity contribution in [2.45, 2.75) is 0 Å². The van der Waals surface area contributed by atoms with Gasteiger partial charge in [0, 0.05) is 11.1 Å². The van der Waals surface area contributed by atoms with Gasteiger partial charge in [-0.1, -0.05) is 72.5 Å². The average Bonchev–Trinajstić information content (AvgIpc) is 2.84. The van der Waals surface area contributed by atoms with Gasteiger partial charge in [0.2, 0.25) is 0 Å². The van der Waals surface area contributed by atoms with Gasteiger partial charge in [-0.15, -0.1) is 0 Å². The third kappa shape index (κ3) is 3.45. The molecule has 0 radical (unpaired) electrons. The van der Waals surface area contributed by atoms with Crippen LogP contribution in [0.1, 0.15) is 11.1 Å². The van der Waals surface area contributed by atoms with Crippen molar-refractivity contribution in [1.82, 2.24) is 0 Å². The van der Waals surface area contributed by atoms with Crippen LogP contribution >= 0.6 is 0 Å². The number of fused-ring (bicyclic) bond motifs is 4. The molecule has 0 atom stereocenters. The zero-order chi connectivity index (χ0) is 21.3. The maximum Gasteiger partial charge on any atom is 0.0261 e. The molecule has 6 rings (SSSR count). The lowest BCUT2D eigenvalue weighted by molar-refractivity contribution is 1.71. The molecule has 0 heterocycles. The largest absolute Gasteiger partial charge is 0.0616 e. The molecule has 0 N–H and O–H groups in total. The SMILES string of the molecule is C(C#Cc1ccc2cc3ccccc3cc2c1)#Cc1ccc2cc3ccccc3cc2c1. The molecule has 0 spiro atoms. The fourth-order valence-corrected chi connectivity index (χ4v) is 4.24. The molecule has 0 aliphatic carbocycles. The van der Waals surface area contributed by atoms with Gasteiger partial charge in [-0.25, -0.2) is 0 Å². The van der Waals surface area contributed by atoms with E-state index >= 15 is 0 Å². The molecule has 0 aliphatic heterocycles. The third-order valence-electron chi connectivity index (χ3n) is 5.89. The second kappa shape index (κ2) is 7.63. The molecular formula is C32H18. The van der Waals surface area contributed by atoms with Gasteiger partial charge >= 0.3 is 0 Å². The Morgan fingerprint density at radius 1 is 0.312 bits per heavy atom. The Morgan fingerprint density at radius 3 is 1.06 bits per heavy atom. The molecule has 0 heteroatoms. The zero-order valence-corrected chi connectivity index (χ0v) is 17.4. The first-order chi connectivity index (χ1) is 15.8. The summed E-state index contributed by atoms with van der Waals surface area (Å²) in [5.74, 6) is 12.4. The van der Waals surface area contributed by atoms with E-state index in [1.54, 1.807) is 0 Å².